The number of Topliss-reactive ketones (excluding diaryl/α,β-unsaturated/α-hetero) is 2. The van der Waals surface area contributed by atoms with Crippen molar-refractivity contribution in [2.75, 3.05) is 0 Å². The zero-order valence-corrected chi connectivity index (χ0v) is 13.3. The summed E-state index contributed by atoms with van der Waals surface area (Å²) in [5.41, 5.74) is 0.959. The van der Waals surface area contributed by atoms with Crippen molar-refractivity contribution < 1.29 is 19.1 Å². The molecule has 0 aliphatic rings. The van der Waals surface area contributed by atoms with E-state index >= 15 is 0 Å². The van der Waals surface area contributed by atoms with Crippen LogP contribution in [-0.2, 0) is 9.53 Å². The summed E-state index contributed by atoms with van der Waals surface area (Å²) < 4.78 is 4.72. The van der Waals surface area contributed by atoms with Gasteiger partial charge in [0.25, 0.3) is 0 Å². The van der Waals surface area contributed by atoms with Crippen LogP contribution in [0.1, 0.15) is 34.1 Å². The molecule has 4 heteroatoms. The van der Waals surface area contributed by atoms with Gasteiger partial charge in [-0.2, -0.15) is 0 Å². The van der Waals surface area contributed by atoms with Gasteiger partial charge in [-0.3, -0.25) is 14.4 Å². The van der Waals surface area contributed by atoms with Crippen molar-refractivity contribution in [3.05, 3.63) is 84.1 Å². The van der Waals surface area contributed by atoms with Gasteiger partial charge in [0, 0.05) is 18.1 Å². The number of carbonyl (C=O) groups is 3. The number of hydrogen-bond donors (Lipinski definition) is 0. The van der Waals surface area contributed by atoms with Crippen LogP contribution in [0.3, 0.4) is 0 Å². The molecule has 0 atom stereocenters. The summed E-state index contributed by atoms with van der Waals surface area (Å²) in [6.07, 6.45) is 2.90. The number of benzene rings is 2. The molecule has 0 N–H and O–H groups in total. The number of esters is 1. The number of ether oxygens (including phenoxy) is 1. The quantitative estimate of drug-likeness (QED) is 0.336. The topological polar surface area (TPSA) is 60.4 Å². The van der Waals surface area contributed by atoms with Crippen LogP contribution in [0, 0.1) is 5.92 Å². The molecule has 122 valence electrons. The highest BCUT2D eigenvalue weighted by Crippen LogP contribution is 2.19. The van der Waals surface area contributed by atoms with Crippen LogP contribution in [0.5, 0.6) is 0 Å². The highest BCUT2D eigenvalue weighted by atomic mass is 16.5. The van der Waals surface area contributed by atoms with Crippen molar-refractivity contribution in [2.24, 2.45) is 5.92 Å². The van der Waals surface area contributed by atoms with Gasteiger partial charge in [-0.1, -0.05) is 60.7 Å². The molecule has 0 aromatic heterocycles. The smallest absolute Gasteiger partial charge is 0.307 e. The molecule has 0 saturated heterocycles. The Labute approximate surface area is 140 Å². The maximum atomic E-state index is 12.7. The molecule has 0 heterocycles. The van der Waals surface area contributed by atoms with Crippen molar-refractivity contribution in [2.45, 2.75) is 13.3 Å². The lowest BCUT2D eigenvalue weighted by molar-refractivity contribution is -0.135. The molecular formula is C20H18O4. The third-order valence-corrected chi connectivity index (χ3v) is 3.45. The Hall–Kier alpha value is -3.01. The second-order valence-corrected chi connectivity index (χ2v) is 5.23. The van der Waals surface area contributed by atoms with E-state index in [0.717, 1.165) is 0 Å². The SMILES string of the molecule is CC(=O)O/C=C/CC(C(=O)c1ccccc1)C(=O)c1ccccc1. The first-order valence-electron chi connectivity index (χ1n) is 7.60. The molecule has 0 radical (unpaired) electrons. The van der Waals surface area contributed by atoms with Crippen LogP contribution in [0.4, 0.5) is 0 Å². The van der Waals surface area contributed by atoms with E-state index in [9.17, 15) is 14.4 Å². The summed E-state index contributed by atoms with van der Waals surface area (Å²) in [6, 6.07) is 17.4. The Morgan fingerprint density at radius 1 is 0.875 bits per heavy atom. The Kier molecular flexibility index (Phi) is 6.20. The van der Waals surface area contributed by atoms with Crippen LogP contribution in [-0.4, -0.2) is 17.5 Å². The first-order valence-corrected chi connectivity index (χ1v) is 7.60. The Morgan fingerprint density at radius 3 is 1.75 bits per heavy atom. The van der Waals surface area contributed by atoms with Gasteiger partial charge in [0.15, 0.2) is 11.6 Å². The van der Waals surface area contributed by atoms with Gasteiger partial charge < -0.3 is 4.74 Å². The fourth-order valence-electron chi connectivity index (χ4n) is 2.28. The lowest BCUT2D eigenvalue weighted by Crippen LogP contribution is -2.24. The summed E-state index contributed by atoms with van der Waals surface area (Å²) in [5, 5.41) is 0. The van der Waals surface area contributed by atoms with E-state index in [0.29, 0.717) is 11.1 Å². The molecule has 0 amide bonds. The minimum Gasteiger partial charge on any atom is -0.435 e. The summed E-state index contributed by atoms with van der Waals surface area (Å²) in [6.45, 7) is 1.28. The average molecular weight is 322 g/mol. The summed E-state index contributed by atoms with van der Waals surface area (Å²) in [5.74, 6) is -1.82. The van der Waals surface area contributed by atoms with E-state index < -0.39 is 11.9 Å². The minimum atomic E-state index is -0.860. The average Bonchev–Trinajstić information content (AvgIpc) is 2.62. The standard InChI is InChI=1S/C20H18O4/c1-15(21)24-14-8-13-18(19(22)16-9-4-2-5-10-16)20(23)17-11-6-3-7-12-17/h2-12,14,18H,13H2,1H3/b14-8+. The van der Waals surface area contributed by atoms with Crippen LogP contribution >= 0.6 is 0 Å². The molecule has 24 heavy (non-hydrogen) atoms. The summed E-state index contributed by atoms with van der Waals surface area (Å²) >= 11 is 0. The van der Waals surface area contributed by atoms with Gasteiger partial charge in [0.1, 0.15) is 0 Å². The molecular weight excluding hydrogens is 304 g/mol. The van der Waals surface area contributed by atoms with E-state index in [-0.39, 0.29) is 18.0 Å². The molecule has 2 aromatic rings. The predicted octanol–water partition coefficient (Wildman–Crippen LogP) is 3.84. The third-order valence-electron chi connectivity index (χ3n) is 3.45. The highest BCUT2D eigenvalue weighted by molar-refractivity contribution is 6.16. The first-order chi connectivity index (χ1) is 11.6. The third kappa shape index (κ3) is 4.74. The Morgan fingerprint density at radius 2 is 1.33 bits per heavy atom. The van der Waals surface area contributed by atoms with Gasteiger partial charge in [-0.05, 0) is 12.5 Å². The fourth-order valence-corrected chi connectivity index (χ4v) is 2.28. The van der Waals surface area contributed by atoms with Crippen LogP contribution in [0.25, 0.3) is 0 Å². The monoisotopic (exact) mass is 322 g/mol. The second kappa shape index (κ2) is 8.58. The van der Waals surface area contributed by atoms with Crippen molar-refractivity contribution >= 4 is 17.5 Å². The molecule has 0 bridgehead atoms. The summed E-state index contributed by atoms with van der Waals surface area (Å²) in [7, 11) is 0. The minimum absolute atomic E-state index is 0.161. The van der Waals surface area contributed by atoms with Crippen molar-refractivity contribution in [1.29, 1.82) is 0 Å². The maximum Gasteiger partial charge on any atom is 0.307 e. The highest BCUT2D eigenvalue weighted by Gasteiger charge is 2.27. The maximum absolute atomic E-state index is 12.7. The number of hydrogen-bond acceptors (Lipinski definition) is 4. The predicted molar refractivity (Wildman–Crippen MR) is 90.6 cm³/mol. The van der Waals surface area contributed by atoms with Gasteiger partial charge in [-0.15, -0.1) is 0 Å². The van der Waals surface area contributed by atoms with E-state index in [1.807, 2.05) is 12.1 Å². The zero-order valence-electron chi connectivity index (χ0n) is 13.3. The number of allylic oxidation sites excluding steroid dienone is 1. The second-order valence-electron chi connectivity index (χ2n) is 5.23. The number of ketones is 2. The molecule has 0 spiro atoms. The lowest BCUT2D eigenvalue weighted by Gasteiger charge is -2.13. The summed E-state index contributed by atoms with van der Waals surface area (Å²) in [4.78, 5) is 36.2. The molecule has 0 aliphatic carbocycles. The van der Waals surface area contributed by atoms with E-state index in [4.69, 9.17) is 4.74 Å². The normalized spacial score (nSPS) is 10.8. The molecule has 2 rings (SSSR count). The van der Waals surface area contributed by atoms with Crippen LogP contribution in [0.15, 0.2) is 73.0 Å². The lowest BCUT2D eigenvalue weighted by atomic mass is 9.87. The molecule has 0 unspecified atom stereocenters. The first kappa shape index (κ1) is 17.3. The van der Waals surface area contributed by atoms with E-state index in [1.54, 1.807) is 48.5 Å². The van der Waals surface area contributed by atoms with Crippen molar-refractivity contribution in [3.8, 4) is 0 Å². The zero-order chi connectivity index (χ0) is 17.4. The van der Waals surface area contributed by atoms with Gasteiger partial charge >= 0.3 is 5.97 Å². The van der Waals surface area contributed by atoms with Crippen LogP contribution < -0.4 is 0 Å². The van der Waals surface area contributed by atoms with Crippen LogP contribution in [0.2, 0.25) is 0 Å². The Balaban J connectivity index is 2.24. The van der Waals surface area contributed by atoms with Gasteiger partial charge in [0.05, 0.1) is 12.2 Å². The molecule has 2 aromatic carbocycles. The fraction of sp³-hybridized carbons (Fsp3) is 0.150. The number of carbonyl (C=O) groups excluding carboxylic acids is 3. The van der Waals surface area contributed by atoms with Gasteiger partial charge in [0.2, 0.25) is 0 Å². The largest absolute Gasteiger partial charge is 0.435 e. The molecule has 0 fully saturated rings. The van der Waals surface area contributed by atoms with Gasteiger partial charge in [-0.25, -0.2) is 0 Å². The van der Waals surface area contributed by atoms with E-state index in [1.165, 1.54) is 19.3 Å². The van der Waals surface area contributed by atoms with Crippen molar-refractivity contribution in [1.82, 2.24) is 0 Å². The van der Waals surface area contributed by atoms with Crippen molar-refractivity contribution in [3.63, 3.8) is 0 Å². The molecule has 0 aliphatic heterocycles. The Bertz CT molecular complexity index is 681. The van der Waals surface area contributed by atoms with E-state index in [2.05, 4.69) is 0 Å². The molecule has 4 nitrogen and oxygen atoms in total. The number of rotatable bonds is 7. The molecule has 0 saturated carbocycles.